The highest BCUT2D eigenvalue weighted by Gasteiger charge is 2.08. The van der Waals surface area contributed by atoms with E-state index in [9.17, 15) is 4.79 Å². The highest BCUT2D eigenvalue weighted by atomic mass is 32.2. The van der Waals surface area contributed by atoms with Gasteiger partial charge >= 0.3 is 5.97 Å². The number of carboxylic acids is 1. The molecule has 0 bridgehead atoms. The van der Waals surface area contributed by atoms with E-state index in [1.165, 1.54) is 6.07 Å². The molecule has 1 aromatic heterocycles. The van der Waals surface area contributed by atoms with Crippen molar-refractivity contribution in [3.8, 4) is 0 Å². The van der Waals surface area contributed by atoms with Crippen LogP contribution in [-0.4, -0.2) is 16.8 Å². The van der Waals surface area contributed by atoms with Gasteiger partial charge in [-0.25, -0.2) is 4.79 Å². The zero-order chi connectivity index (χ0) is 9.68. The van der Waals surface area contributed by atoms with E-state index in [2.05, 4.69) is 6.92 Å². The molecule has 0 spiro atoms. The Hall–Kier alpha value is -0.900. The van der Waals surface area contributed by atoms with Crippen LogP contribution in [0, 0.1) is 0 Å². The first-order valence-corrected chi connectivity index (χ1v) is 5.18. The molecule has 0 atom stereocenters. The van der Waals surface area contributed by atoms with Gasteiger partial charge < -0.3 is 9.52 Å². The Balaban J connectivity index is 2.44. The maximum atomic E-state index is 10.4. The van der Waals surface area contributed by atoms with Crippen LogP contribution in [0.2, 0.25) is 0 Å². The summed E-state index contributed by atoms with van der Waals surface area (Å²) in [5, 5.41) is 9.25. The Morgan fingerprint density at radius 1 is 1.62 bits per heavy atom. The van der Waals surface area contributed by atoms with Gasteiger partial charge in [0.15, 0.2) is 5.09 Å². The molecule has 0 unspecified atom stereocenters. The Kier molecular flexibility index (Phi) is 3.89. The molecular weight excluding hydrogens is 188 g/mol. The lowest BCUT2D eigenvalue weighted by molar-refractivity contribution is 0.0656. The molecule has 0 aliphatic heterocycles. The highest BCUT2D eigenvalue weighted by molar-refractivity contribution is 7.99. The van der Waals surface area contributed by atoms with Crippen LogP contribution >= 0.6 is 11.8 Å². The quantitative estimate of drug-likeness (QED) is 0.586. The zero-order valence-corrected chi connectivity index (χ0v) is 8.26. The molecule has 1 N–H and O–H groups in total. The molecule has 0 saturated heterocycles. The third-order valence-electron chi connectivity index (χ3n) is 1.53. The van der Waals surface area contributed by atoms with Crippen LogP contribution in [-0.2, 0) is 0 Å². The number of aromatic carboxylic acids is 1. The molecule has 3 nitrogen and oxygen atoms in total. The third-order valence-corrected chi connectivity index (χ3v) is 2.53. The smallest absolute Gasteiger partial charge is 0.371 e. The van der Waals surface area contributed by atoms with Crippen molar-refractivity contribution in [3.63, 3.8) is 0 Å². The standard InChI is InChI=1S/C9H12O3S/c1-2-3-6-13-8-5-4-7(12-8)9(10)11/h4-5H,2-3,6H2,1H3,(H,10,11). The van der Waals surface area contributed by atoms with Gasteiger partial charge in [-0.2, -0.15) is 0 Å². The van der Waals surface area contributed by atoms with Gasteiger partial charge in [0, 0.05) is 5.75 Å². The van der Waals surface area contributed by atoms with Gasteiger partial charge in [0.2, 0.25) is 5.76 Å². The van der Waals surface area contributed by atoms with Crippen molar-refractivity contribution in [1.29, 1.82) is 0 Å². The Morgan fingerprint density at radius 3 is 2.92 bits per heavy atom. The molecule has 72 valence electrons. The van der Waals surface area contributed by atoms with Gasteiger partial charge in [0.1, 0.15) is 0 Å². The molecule has 0 saturated carbocycles. The zero-order valence-electron chi connectivity index (χ0n) is 7.45. The fourth-order valence-electron chi connectivity index (χ4n) is 0.830. The second-order valence-corrected chi connectivity index (χ2v) is 3.73. The van der Waals surface area contributed by atoms with Crippen LogP contribution in [0.3, 0.4) is 0 Å². The molecule has 0 fully saturated rings. The van der Waals surface area contributed by atoms with E-state index >= 15 is 0 Å². The predicted octanol–water partition coefficient (Wildman–Crippen LogP) is 2.87. The summed E-state index contributed by atoms with van der Waals surface area (Å²) in [6.45, 7) is 2.12. The van der Waals surface area contributed by atoms with Crippen molar-refractivity contribution >= 4 is 17.7 Å². The van der Waals surface area contributed by atoms with E-state index in [4.69, 9.17) is 9.52 Å². The van der Waals surface area contributed by atoms with E-state index in [0.29, 0.717) is 5.09 Å². The number of carboxylic acid groups (broad SMARTS) is 1. The Bertz CT molecular complexity index is 280. The molecule has 0 radical (unpaired) electrons. The summed E-state index contributed by atoms with van der Waals surface area (Å²) >= 11 is 1.55. The van der Waals surface area contributed by atoms with E-state index < -0.39 is 5.97 Å². The van der Waals surface area contributed by atoms with Crippen molar-refractivity contribution in [2.75, 3.05) is 5.75 Å². The second-order valence-electron chi connectivity index (χ2n) is 2.63. The first-order valence-electron chi connectivity index (χ1n) is 4.20. The molecule has 4 heteroatoms. The highest BCUT2D eigenvalue weighted by Crippen LogP contribution is 2.21. The van der Waals surface area contributed by atoms with E-state index in [1.54, 1.807) is 17.8 Å². The van der Waals surface area contributed by atoms with Gasteiger partial charge in [0.05, 0.1) is 0 Å². The van der Waals surface area contributed by atoms with Crippen molar-refractivity contribution in [3.05, 3.63) is 17.9 Å². The molecule has 0 aromatic carbocycles. The van der Waals surface area contributed by atoms with Gasteiger partial charge in [-0.15, -0.1) is 0 Å². The number of thioether (sulfide) groups is 1. The lowest BCUT2D eigenvalue weighted by atomic mass is 10.4. The molecule has 1 aromatic rings. The van der Waals surface area contributed by atoms with Gasteiger partial charge in [-0.1, -0.05) is 25.1 Å². The van der Waals surface area contributed by atoms with Gasteiger partial charge in [-0.05, 0) is 18.6 Å². The first kappa shape index (κ1) is 10.2. The van der Waals surface area contributed by atoms with Crippen LogP contribution in [0.5, 0.6) is 0 Å². The van der Waals surface area contributed by atoms with Crippen LogP contribution in [0.25, 0.3) is 0 Å². The molecule has 0 aliphatic rings. The summed E-state index contributed by atoms with van der Waals surface area (Å²) in [5.74, 6) is -0.0235. The largest absolute Gasteiger partial charge is 0.475 e. The van der Waals surface area contributed by atoms with Crippen molar-refractivity contribution in [2.24, 2.45) is 0 Å². The Morgan fingerprint density at radius 2 is 2.38 bits per heavy atom. The maximum absolute atomic E-state index is 10.4. The lowest BCUT2D eigenvalue weighted by Crippen LogP contribution is -1.91. The second kappa shape index (κ2) is 4.97. The monoisotopic (exact) mass is 200 g/mol. The van der Waals surface area contributed by atoms with Crippen molar-refractivity contribution in [2.45, 2.75) is 24.9 Å². The number of furan rings is 1. The summed E-state index contributed by atoms with van der Waals surface area (Å²) in [4.78, 5) is 10.4. The molecule has 0 aliphatic carbocycles. The van der Waals surface area contributed by atoms with E-state index in [-0.39, 0.29) is 5.76 Å². The topological polar surface area (TPSA) is 50.4 Å². The molecular formula is C9H12O3S. The number of hydrogen-bond acceptors (Lipinski definition) is 3. The summed E-state index contributed by atoms with van der Waals surface area (Å²) in [6.07, 6.45) is 2.26. The van der Waals surface area contributed by atoms with E-state index in [0.717, 1.165) is 18.6 Å². The average Bonchev–Trinajstić information content (AvgIpc) is 2.53. The normalized spacial score (nSPS) is 10.2. The number of carbonyl (C=O) groups is 1. The lowest BCUT2D eigenvalue weighted by Gasteiger charge is -1.94. The Labute approximate surface area is 81.1 Å². The van der Waals surface area contributed by atoms with Gasteiger partial charge in [-0.3, -0.25) is 0 Å². The fourth-order valence-corrected chi connectivity index (χ4v) is 1.78. The summed E-state index contributed by atoms with van der Waals surface area (Å²) in [7, 11) is 0. The third kappa shape index (κ3) is 3.14. The minimum absolute atomic E-state index is 0.0130. The fraction of sp³-hybridized carbons (Fsp3) is 0.444. The van der Waals surface area contributed by atoms with Crippen LogP contribution in [0.15, 0.2) is 21.6 Å². The summed E-state index contributed by atoms with van der Waals surface area (Å²) < 4.78 is 5.06. The minimum atomic E-state index is -1.01. The maximum Gasteiger partial charge on any atom is 0.371 e. The molecule has 0 amide bonds. The van der Waals surface area contributed by atoms with Crippen molar-refractivity contribution < 1.29 is 14.3 Å². The SMILES string of the molecule is CCCCSc1ccc(C(=O)O)o1. The number of hydrogen-bond donors (Lipinski definition) is 1. The minimum Gasteiger partial charge on any atom is -0.475 e. The summed E-state index contributed by atoms with van der Waals surface area (Å²) in [5.41, 5.74) is 0. The van der Waals surface area contributed by atoms with Crippen molar-refractivity contribution in [1.82, 2.24) is 0 Å². The molecule has 1 rings (SSSR count). The first-order chi connectivity index (χ1) is 6.24. The number of unbranched alkanes of at least 4 members (excludes halogenated alkanes) is 1. The van der Waals surface area contributed by atoms with Crippen LogP contribution < -0.4 is 0 Å². The predicted molar refractivity (Wildman–Crippen MR) is 51.3 cm³/mol. The van der Waals surface area contributed by atoms with Crippen LogP contribution in [0.4, 0.5) is 0 Å². The molecule has 1 heterocycles. The van der Waals surface area contributed by atoms with E-state index in [1.807, 2.05) is 0 Å². The average molecular weight is 200 g/mol. The molecule has 13 heavy (non-hydrogen) atoms. The van der Waals surface area contributed by atoms with Crippen LogP contribution in [0.1, 0.15) is 30.3 Å². The van der Waals surface area contributed by atoms with Gasteiger partial charge in [0.25, 0.3) is 0 Å². The summed E-state index contributed by atoms with van der Waals surface area (Å²) in [6, 6.07) is 3.18. The number of rotatable bonds is 5.